The third-order valence-electron chi connectivity index (χ3n) is 6.28. The number of nitrogens with one attached hydrogen (secondary N) is 2. The standard InChI is InChI=1S/C29H30FN3O5S/c1-4-37-29(36)25-23-14-5-17(2)15-24(23)39-28(25)32-27(35)20-8-12-22(13-9-20)38-18(3)26(34)33-31-16-19-6-10-21(30)11-7-19/h6-13,16-18H,4-5,14-15H2,1-3H3,(H,32,35)(H,33,34)/b31-16-/t17-,18+/m1/s1. The van der Waals surface area contributed by atoms with E-state index >= 15 is 0 Å². The highest BCUT2D eigenvalue weighted by molar-refractivity contribution is 7.17. The summed E-state index contributed by atoms with van der Waals surface area (Å²) in [5, 5.41) is 7.26. The molecule has 204 valence electrons. The van der Waals surface area contributed by atoms with Crippen molar-refractivity contribution in [1.82, 2.24) is 5.43 Å². The second-order valence-electron chi connectivity index (χ2n) is 9.30. The van der Waals surface area contributed by atoms with Crippen LogP contribution in [0.25, 0.3) is 0 Å². The fraction of sp³-hybridized carbons (Fsp3) is 0.310. The predicted molar refractivity (Wildman–Crippen MR) is 148 cm³/mol. The first-order valence-corrected chi connectivity index (χ1v) is 13.5. The molecule has 2 N–H and O–H groups in total. The average molecular weight is 552 g/mol. The minimum Gasteiger partial charge on any atom is -0.481 e. The van der Waals surface area contributed by atoms with Crippen LogP contribution < -0.4 is 15.5 Å². The summed E-state index contributed by atoms with van der Waals surface area (Å²) in [6, 6.07) is 12.0. The van der Waals surface area contributed by atoms with Gasteiger partial charge in [-0.25, -0.2) is 14.6 Å². The molecule has 1 aliphatic carbocycles. The van der Waals surface area contributed by atoms with E-state index in [9.17, 15) is 18.8 Å². The van der Waals surface area contributed by atoms with Crippen molar-refractivity contribution >= 4 is 40.3 Å². The van der Waals surface area contributed by atoms with Crippen LogP contribution >= 0.6 is 11.3 Å². The molecule has 1 aliphatic rings. The minimum absolute atomic E-state index is 0.256. The van der Waals surface area contributed by atoms with Gasteiger partial charge in [-0.3, -0.25) is 9.59 Å². The summed E-state index contributed by atoms with van der Waals surface area (Å²) in [7, 11) is 0. The first-order chi connectivity index (χ1) is 18.7. The number of esters is 1. The molecule has 0 aliphatic heterocycles. The van der Waals surface area contributed by atoms with E-state index in [1.807, 2.05) is 0 Å². The van der Waals surface area contributed by atoms with Gasteiger partial charge in [0.15, 0.2) is 6.10 Å². The number of nitrogens with zero attached hydrogens (tertiary/aromatic N) is 1. The van der Waals surface area contributed by atoms with Gasteiger partial charge in [0.2, 0.25) is 0 Å². The highest BCUT2D eigenvalue weighted by Crippen LogP contribution is 2.40. The Morgan fingerprint density at radius 1 is 1.15 bits per heavy atom. The number of rotatable bonds is 9. The predicted octanol–water partition coefficient (Wildman–Crippen LogP) is 5.36. The van der Waals surface area contributed by atoms with Gasteiger partial charge in [-0.2, -0.15) is 5.10 Å². The molecule has 0 saturated carbocycles. The monoisotopic (exact) mass is 551 g/mol. The smallest absolute Gasteiger partial charge is 0.341 e. The largest absolute Gasteiger partial charge is 0.481 e. The van der Waals surface area contributed by atoms with Crippen molar-refractivity contribution in [3.63, 3.8) is 0 Å². The van der Waals surface area contributed by atoms with Crippen LogP contribution in [-0.2, 0) is 22.4 Å². The highest BCUT2D eigenvalue weighted by Gasteiger charge is 2.29. The number of thiophene rings is 1. The molecule has 0 unspecified atom stereocenters. The Kier molecular flexibility index (Phi) is 9.08. The first-order valence-electron chi connectivity index (χ1n) is 12.7. The summed E-state index contributed by atoms with van der Waals surface area (Å²) in [4.78, 5) is 39.1. The lowest BCUT2D eigenvalue weighted by atomic mass is 9.88. The van der Waals surface area contributed by atoms with Crippen LogP contribution in [0.15, 0.2) is 53.6 Å². The molecule has 0 radical (unpaired) electrons. The lowest BCUT2D eigenvalue weighted by Crippen LogP contribution is -2.33. The molecular formula is C29H30FN3O5S. The SMILES string of the molecule is CCOC(=O)c1c(NC(=O)c2ccc(O[C@@H](C)C(=O)N/N=C\c3ccc(F)cc3)cc2)sc2c1CC[C@@H](C)C2. The average Bonchev–Trinajstić information content (AvgIpc) is 3.27. The number of hydrazone groups is 1. The maximum absolute atomic E-state index is 13.0. The van der Waals surface area contributed by atoms with E-state index in [2.05, 4.69) is 22.8 Å². The second-order valence-corrected chi connectivity index (χ2v) is 10.4. The molecule has 2 amide bonds. The molecule has 0 spiro atoms. The molecule has 2 aromatic carbocycles. The van der Waals surface area contributed by atoms with Gasteiger partial charge in [-0.05, 0) is 86.6 Å². The summed E-state index contributed by atoms with van der Waals surface area (Å²) in [6.45, 7) is 5.76. The van der Waals surface area contributed by atoms with Crippen molar-refractivity contribution in [2.45, 2.75) is 46.1 Å². The van der Waals surface area contributed by atoms with E-state index in [4.69, 9.17) is 9.47 Å². The molecule has 39 heavy (non-hydrogen) atoms. The third-order valence-corrected chi connectivity index (χ3v) is 7.45. The molecule has 0 bridgehead atoms. The zero-order valence-electron chi connectivity index (χ0n) is 22.0. The van der Waals surface area contributed by atoms with Gasteiger partial charge in [0, 0.05) is 10.4 Å². The van der Waals surface area contributed by atoms with Crippen LogP contribution in [0.5, 0.6) is 5.75 Å². The van der Waals surface area contributed by atoms with Crippen LogP contribution in [0, 0.1) is 11.7 Å². The lowest BCUT2D eigenvalue weighted by molar-refractivity contribution is -0.127. The van der Waals surface area contributed by atoms with Crippen LogP contribution in [0.3, 0.4) is 0 Å². The number of ether oxygens (including phenoxy) is 2. The molecule has 0 saturated heterocycles. The summed E-state index contributed by atoms with van der Waals surface area (Å²) >= 11 is 1.43. The number of carbonyl (C=O) groups is 3. The number of amides is 2. The maximum atomic E-state index is 13.0. The fourth-order valence-corrected chi connectivity index (χ4v) is 5.58. The van der Waals surface area contributed by atoms with Gasteiger partial charge in [0.05, 0.1) is 18.4 Å². The molecule has 0 fully saturated rings. The van der Waals surface area contributed by atoms with Crippen molar-refractivity contribution in [3.8, 4) is 5.75 Å². The van der Waals surface area contributed by atoms with Gasteiger partial charge >= 0.3 is 5.97 Å². The summed E-state index contributed by atoms with van der Waals surface area (Å²) in [6.07, 6.45) is 3.18. The number of hydrogen-bond acceptors (Lipinski definition) is 7. The number of carbonyl (C=O) groups excluding carboxylic acids is 3. The first kappa shape index (κ1) is 28.0. The normalized spacial score (nSPS) is 15.3. The molecule has 1 aromatic heterocycles. The van der Waals surface area contributed by atoms with Crippen LogP contribution in [0.1, 0.15) is 63.9 Å². The van der Waals surface area contributed by atoms with E-state index < -0.39 is 18.0 Å². The molecule has 3 aromatic rings. The molecule has 8 nitrogen and oxygen atoms in total. The van der Waals surface area contributed by atoms with E-state index in [0.29, 0.717) is 33.4 Å². The Morgan fingerprint density at radius 3 is 2.56 bits per heavy atom. The summed E-state index contributed by atoms with van der Waals surface area (Å²) in [5.74, 6) is -0.698. The highest BCUT2D eigenvalue weighted by atomic mass is 32.1. The molecule has 4 rings (SSSR count). The number of fused-ring (bicyclic) bond motifs is 1. The van der Waals surface area contributed by atoms with E-state index in [-0.39, 0.29) is 18.3 Å². The number of anilines is 1. The number of benzene rings is 2. The fourth-order valence-electron chi connectivity index (χ4n) is 4.19. The summed E-state index contributed by atoms with van der Waals surface area (Å²) < 4.78 is 23.9. The molecular weight excluding hydrogens is 521 g/mol. The maximum Gasteiger partial charge on any atom is 0.341 e. The van der Waals surface area contributed by atoms with Gasteiger partial charge in [0.25, 0.3) is 11.8 Å². The lowest BCUT2D eigenvalue weighted by Gasteiger charge is -2.18. The van der Waals surface area contributed by atoms with Gasteiger partial charge in [-0.1, -0.05) is 19.1 Å². The van der Waals surface area contributed by atoms with Gasteiger partial charge in [-0.15, -0.1) is 11.3 Å². The zero-order chi connectivity index (χ0) is 27.9. The number of halogens is 1. The van der Waals surface area contributed by atoms with Crippen molar-refractivity contribution in [2.24, 2.45) is 11.0 Å². The quantitative estimate of drug-likeness (QED) is 0.212. The van der Waals surface area contributed by atoms with E-state index in [0.717, 1.165) is 29.7 Å². The molecule has 1 heterocycles. The Hall–Kier alpha value is -4.05. The van der Waals surface area contributed by atoms with Crippen LogP contribution in [0.2, 0.25) is 0 Å². The van der Waals surface area contributed by atoms with Crippen LogP contribution in [-0.4, -0.2) is 36.7 Å². The van der Waals surface area contributed by atoms with Crippen LogP contribution in [0.4, 0.5) is 9.39 Å². The zero-order valence-corrected chi connectivity index (χ0v) is 22.8. The van der Waals surface area contributed by atoms with Crippen molar-refractivity contribution in [2.75, 3.05) is 11.9 Å². The topological polar surface area (TPSA) is 106 Å². The van der Waals surface area contributed by atoms with Gasteiger partial charge < -0.3 is 14.8 Å². The van der Waals surface area contributed by atoms with Gasteiger partial charge in [0.1, 0.15) is 16.6 Å². The summed E-state index contributed by atoms with van der Waals surface area (Å²) in [5.41, 5.74) is 4.82. The Balaban J connectivity index is 1.37. The van der Waals surface area contributed by atoms with Crippen molar-refractivity contribution < 1.29 is 28.2 Å². The van der Waals surface area contributed by atoms with E-state index in [1.165, 1.54) is 41.8 Å². The third kappa shape index (κ3) is 7.08. The second kappa shape index (κ2) is 12.7. The van der Waals surface area contributed by atoms with E-state index in [1.54, 1.807) is 38.1 Å². The van der Waals surface area contributed by atoms with Crippen molar-refractivity contribution in [1.29, 1.82) is 0 Å². The molecule has 10 heteroatoms. The van der Waals surface area contributed by atoms with Crippen molar-refractivity contribution in [3.05, 3.63) is 81.5 Å². The number of hydrogen-bond donors (Lipinski definition) is 2. The Bertz CT molecular complexity index is 1370. The molecule has 2 atom stereocenters. The Labute approximate surface area is 230 Å². The Morgan fingerprint density at radius 2 is 1.87 bits per heavy atom. The minimum atomic E-state index is -0.859.